The fraction of sp³-hybridized carbons (Fsp3) is 0.500. The molecule has 0 aliphatic heterocycles. The molecule has 0 amide bonds. The van der Waals surface area contributed by atoms with Gasteiger partial charge in [0, 0.05) is 6.07 Å². The van der Waals surface area contributed by atoms with Crippen molar-refractivity contribution in [1.29, 1.82) is 0 Å². The summed E-state index contributed by atoms with van der Waals surface area (Å²) >= 11 is 0. The van der Waals surface area contributed by atoms with Gasteiger partial charge in [-0.25, -0.2) is 0 Å². The lowest BCUT2D eigenvalue weighted by Gasteiger charge is -2.11. The van der Waals surface area contributed by atoms with E-state index >= 15 is 0 Å². The Kier molecular flexibility index (Phi) is 3.11. The van der Waals surface area contributed by atoms with Gasteiger partial charge in [0.25, 0.3) is 0 Å². The zero-order valence-electron chi connectivity index (χ0n) is 8.85. The van der Waals surface area contributed by atoms with E-state index in [4.69, 9.17) is 9.47 Å². The van der Waals surface area contributed by atoms with Crippen LogP contribution in [0.25, 0.3) is 0 Å². The van der Waals surface area contributed by atoms with Gasteiger partial charge in [-0.3, -0.25) is 0 Å². The topological polar surface area (TPSA) is 38.7 Å². The SMILES string of the molecule is COc1cccc(OCC(O)C2CC2)c1. The van der Waals surface area contributed by atoms with E-state index in [0.717, 1.165) is 24.3 Å². The first-order chi connectivity index (χ1) is 7.29. The minimum Gasteiger partial charge on any atom is -0.497 e. The van der Waals surface area contributed by atoms with Crippen molar-refractivity contribution in [3.8, 4) is 11.5 Å². The van der Waals surface area contributed by atoms with Crippen LogP contribution in [0.5, 0.6) is 11.5 Å². The van der Waals surface area contributed by atoms with Crippen LogP contribution in [0.2, 0.25) is 0 Å². The molecule has 1 unspecified atom stereocenters. The lowest BCUT2D eigenvalue weighted by molar-refractivity contribution is 0.0893. The highest BCUT2D eigenvalue weighted by Gasteiger charge is 2.29. The third-order valence-electron chi connectivity index (χ3n) is 2.63. The van der Waals surface area contributed by atoms with Crippen molar-refractivity contribution < 1.29 is 14.6 Å². The van der Waals surface area contributed by atoms with Gasteiger partial charge in [0.05, 0.1) is 13.2 Å². The van der Waals surface area contributed by atoms with Crippen LogP contribution in [0.1, 0.15) is 12.8 Å². The lowest BCUT2D eigenvalue weighted by atomic mass is 10.2. The molecule has 0 radical (unpaired) electrons. The van der Waals surface area contributed by atoms with Gasteiger partial charge in [-0.1, -0.05) is 6.07 Å². The minimum atomic E-state index is -0.323. The predicted molar refractivity (Wildman–Crippen MR) is 57.2 cm³/mol. The molecule has 1 aromatic carbocycles. The Hall–Kier alpha value is -1.22. The fourth-order valence-corrected chi connectivity index (χ4v) is 1.49. The Morgan fingerprint density at radius 2 is 2.13 bits per heavy atom. The summed E-state index contributed by atoms with van der Waals surface area (Å²) in [5.74, 6) is 1.97. The summed E-state index contributed by atoms with van der Waals surface area (Å²) in [6.07, 6.45) is 1.93. The van der Waals surface area contributed by atoms with Gasteiger partial charge < -0.3 is 14.6 Å². The third kappa shape index (κ3) is 2.86. The number of hydrogen-bond donors (Lipinski definition) is 1. The Bertz CT molecular complexity index is 320. The average molecular weight is 208 g/mol. The van der Waals surface area contributed by atoms with Gasteiger partial charge in [0.1, 0.15) is 18.1 Å². The molecule has 1 aliphatic carbocycles. The molecule has 0 saturated heterocycles. The molecule has 2 rings (SSSR count). The highest BCUT2D eigenvalue weighted by Crippen LogP contribution is 2.32. The molecule has 0 aromatic heterocycles. The Morgan fingerprint density at radius 3 is 2.80 bits per heavy atom. The molecule has 1 atom stereocenters. The number of ether oxygens (including phenoxy) is 2. The largest absolute Gasteiger partial charge is 0.497 e. The Morgan fingerprint density at radius 1 is 1.40 bits per heavy atom. The maximum Gasteiger partial charge on any atom is 0.123 e. The number of methoxy groups -OCH3 is 1. The van der Waals surface area contributed by atoms with Crippen LogP contribution in [0.15, 0.2) is 24.3 Å². The van der Waals surface area contributed by atoms with Crippen molar-refractivity contribution in [2.45, 2.75) is 18.9 Å². The normalized spacial score (nSPS) is 17.2. The molecule has 82 valence electrons. The van der Waals surface area contributed by atoms with Crippen LogP contribution in [-0.4, -0.2) is 24.9 Å². The lowest BCUT2D eigenvalue weighted by Crippen LogP contribution is -2.19. The fourth-order valence-electron chi connectivity index (χ4n) is 1.49. The van der Waals surface area contributed by atoms with Gasteiger partial charge in [0.2, 0.25) is 0 Å². The summed E-state index contributed by atoms with van der Waals surface area (Å²) in [6.45, 7) is 0.373. The number of rotatable bonds is 5. The Balaban J connectivity index is 1.86. The highest BCUT2D eigenvalue weighted by atomic mass is 16.5. The van der Waals surface area contributed by atoms with Gasteiger partial charge in [-0.05, 0) is 30.9 Å². The van der Waals surface area contributed by atoms with Crippen molar-refractivity contribution in [3.63, 3.8) is 0 Å². The van der Waals surface area contributed by atoms with Gasteiger partial charge >= 0.3 is 0 Å². The predicted octanol–water partition coefficient (Wildman–Crippen LogP) is 1.84. The molecule has 3 nitrogen and oxygen atoms in total. The van der Waals surface area contributed by atoms with E-state index in [1.165, 1.54) is 0 Å². The maximum atomic E-state index is 9.62. The minimum absolute atomic E-state index is 0.323. The van der Waals surface area contributed by atoms with Crippen molar-refractivity contribution in [2.24, 2.45) is 5.92 Å². The van der Waals surface area contributed by atoms with E-state index < -0.39 is 0 Å². The zero-order chi connectivity index (χ0) is 10.7. The molecule has 15 heavy (non-hydrogen) atoms. The van der Waals surface area contributed by atoms with Gasteiger partial charge in [-0.2, -0.15) is 0 Å². The quantitative estimate of drug-likeness (QED) is 0.802. The van der Waals surface area contributed by atoms with E-state index in [1.807, 2.05) is 24.3 Å². The molecule has 1 aliphatic rings. The van der Waals surface area contributed by atoms with Gasteiger partial charge in [-0.15, -0.1) is 0 Å². The molecule has 1 fully saturated rings. The molecular weight excluding hydrogens is 192 g/mol. The van der Waals surface area contributed by atoms with Crippen LogP contribution in [0.3, 0.4) is 0 Å². The monoisotopic (exact) mass is 208 g/mol. The summed E-state index contributed by atoms with van der Waals surface area (Å²) in [6, 6.07) is 7.42. The Labute approximate surface area is 89.6 Å². The summed E-state index contributed by atoms with van der Waals surface area (Å²) in [4.78, 5) is 0. The standard InChI is InChI=1S/C12H16O3/c1-14-10-3-2-4-11(7-10)15-8-12(13)9-5-6-9/h2-4,7,9,12-13H,5-6,8H2,1H3. The van der Waals surface area contributed by atoms with Crippen molar-refractivity contribution >= 4 is 0 Å². The summed E-state index contributed by atoms with van der Waals surface area (Å²) in [5, 5.41) is 9.62. The number of aliphatic hydroxyl groups excluding tert-OH is 1. The molecular formula is C12H16O3. The van der Waals surface area contributed by atoms with E-state index in [1.54, 1.807) is 7.11 Å². The molecule has 1 aromatic rings. The summed E-state index contributed by atoms with van der Waals surface area (Å²) in [5.41, 5.74) is 0. The van der Waals surface area contributed by atoms with Crippen molar-refractivity contribution in [1.82, 2.24) is 0 Å². The second kappa shape index (κ2) is 4.53. The summed E-state index contributed by atoms with van der Waals surface area (Å²) < 4.78 is 10.6. The number of aliphatic hydroxyl groups is 1. The number of benzene rings is 1. The van der Waals surface area contributed by atoms with Crippen molar-refractivity contribution in [3.05, 3.63) is 24.3 Å². The third-order valence-corrected chi connectivity index (χ3v) is 2.63. The highest BCUT2D eigenvalue weighted by molar-refractivity contribution is 5.32. The second-order valence-corrected chi connectivity index (χ2v) is 3.89. The zero-order valence-corrected chi connectivity index (χ0v) is 8.85. The molecule has 0 bridgehead atoms. The molecule has 1 saturated carbocycles. The average Bonchev–Trinajstić information content (AvgIpc) is 3.10. The van der Waals surface area contributed by atoms with E-state index in [-0.39, 0.29) is 6.10 Å². The summed E-state index contributed by atoms with van der Waals surface area (Å²) in [7, 11) is 1.62. The second-order valence-electron chi connectivity index (χ2n) is 3.89. The first kappa shape index (κ1) is 10.3. The van der Waals surface area contributed by atoms with Crippen LogP contribution in [0.4, 0.5) is 0 Å². The smallest absolute Gasteiger partial charge is 0.123 e. The van der Waals surface area contributed by atoms with Gasteiger partial charge in [0.15, 0.2) is 0 Å². The number of hydrogen-bond acceptors (Lipinski definition) is 3. The van der Waals surface area contributed by atoms with Crippen LogP contribution < -0.4 is 9.47 Å². The van der Waals surface area contributed by atoms with Crippen LogP contribution >= 0.6 is 0 Å². The van der Waals surface area contributed by atoms with Crippen molar-refractivity contribution in [2.75, 3.05) is 13.7 Å². The molecule has 0 heterocycles. The first-order valence-corrected chi connectivity index (χ1v) is 5.24. The molecule has 1 N–H and O–H groups in total. The molecule has 0 spiro atoms. The van der Waals surface area contributed by atoms with Crippen LogP contribution in [0, 0.1) is 5.92 Å². The van der Waals surface area contributed by atoms with Crippen LogP contribution in [-0.2, 0) is 0 Å². The van der Waals surface area contributed by atoms with E-state index in [9.17, 15) is 5.11 Å². The molecule has 3 heteroatoms. The van der Waals surface area contributed by atoms with E-state index in [2.05, 4.69) is 0 Å². The first-order valence-electron chi connectivity index (χ1n) is 5.24. The van der Waals surface area contributed by atoms with E-state index in [0.29, 0.717) is 12.5 Å². The maximum absolute atomic E-state index is 9.62.